The van der Waals surface area contributed by atoms with Gasteiger partial charge in [-0.2, -0.15) is 5.70 Å². The summed E-state index contributed by atoms with van der Waals surface area (Å²) in [4.78, 5) is 5.08. The van der Waals surface area contributed by atoms with Crippen LogP contribution >= 0.6 is 0 Å². The molecule has 1 N–H and O–H groups in total. The van der Waals surface area contributed by atoms with Gasteiger partial charge in [0.2, 0.25) is 0 Å². The maximum atomic E-state index is 8.06. The van der Waals surface area contributed by atoms with Gasteiger partial charge in [-0.15, -0.1) is 5.69 Å². The van der Waals surface area contributed by atoms with E-state index in [1.807, 2.05) is 0 Å². The first kappa shape index (κ1) is 34.2. The predicted molar refractivity (Wildman–Crippen MR) is 156 cm³/mol. The molecule has 0 saturated carbocycles. The largest absolute Gasteiger partial charge is 0.661 e. The molecule has 0 radical (unpaired) electrons. The second kappa shape index (κ2) is 16.2. The predicted octanol–water partition coefficient (Wildman–Crippen LogP) is 10.3. The van der Waals surface area contributed by atoms with Gasteiger partial charge in [0.15, 0.2) is 0 Å². The summed E-state index contributed by atoms with van der Waals surface area (Å²) >= 11 is 0. The van der Waals surface area contributed by atoms with E-state index in [0.29, 0.717) is 23.7 Å². The van der Waals surface area contributed by atoms with Crippen LogP contribution in [-0.4, -0.2) is 16.9 Å². The van der Waals surface area contributed by atoms with Gasteiger partial charge >= 0.3 is 0 Å². The molecule has 0 aliphatic carbocycles. The molecule has 0 aliphatic heterocycles. The maximum Gasteiger partial charge on any atom is 0.0701 e. The van der Waals surface area contributed by atoms with Crippen molar-refractivity contribution >= 4 is 17.1 Å². The summed E-state index contributed by atoms with van der Waals surface area (Å²) in [6, 6.07) is 13.1. The molecule has 36 heavy (non-hydrogen) atoms. The van der Waals surface area contributed by atoms with Gasteiger partial charge in [-0.1, -0.05) is 116 Å². The zero-order valence-electron chi connectivity index (χ0n) is 25.0. The van der Waals surface area contributed by atoms with Crippen molar-refractivity contribution in [3.05, 3.63) is 75.7 Å². The number of para-hydroxylation sites is 2. The van der Waals surface area contributed by atoms with E-state index >= 15 is 0 Å². The van der Waals surface area contributed by atoms with E-state index < -0.39 is 0 Å². The summed E-state index contributed by atoms with van der Waals surface area (Å²) in [5.41, 5.74) is 9.45. The minimum absolute atomic E-state index is 0. The van der Waals surface area contributed by atoms with Crippen molar-refractivity contribution in [3.63, 3.8) is 0 Å². The van der Waals surface area contributed by atoms with Crippen molar-refractivity contribution in [2.75, 3.05) is 0 Å². The van der Waals surface area contributed by atoms with Crippen molar-refractivity contribution in [2.45, 2.75) is 113 Å². The molecule has 196 valence electrons. The summed E-state index contributed by atoms with van der Waals surface area (Å²) in [6.07, 6.45) is 1.95. The molecule has 3 nitrogen and oxygen atoms in total. The number of aliphatic imine (C=N–C) groups is 1. The second-order valence-corrected chi connectivity index (χ2v) is 10.9. The zero-order chi connectivity index (χ0) is 26.9. The fourth-order valence-electron chi connectivity index (χ4n) is 4.00. The molecule has 0 atom stereocenters. The normalized spacial score (nSPS) is 12.3. The maximum absolute atomic E-state index is 8.06. The van der Waals surface area contributed by atoms with E-state index in [1.54, 1.807) is 13.8 Å². The summed E-state index contributed by atoms with van der Waals surface area (Å²) in [6.45, 7) is 25.5. The molecule has 0 bridgehead atoms. The zero-order valence-corrected chi connectivity index (χ0v) is 27.9. The third-order valence-corrected chi connectivity index (χ3v) is 5.68. The first-order chi connectivity index (χ1) is 16.3. The number of benzene rings is 2. The van der Waals surface area contributed by atoms with Crippen molar-refractivity contribution in [2.24, 2.45) is 4.99 Å². The summed E-state index contributed by atoms with van der Waals surface area (Å²) < 4.78 is 0. The minimum Gasteiger partial charge on any atom is -0.661 e. The van der Waals surface area contributed by atoms with Crippen molar-refractivity contribution in [1.82, 2.24) is 0 Å². The molecule has 0 spiro atoms. The molecule has 0 aromatic heterocycles. The van der Waals surface area contributed by atoms with Crippen LogP contribution in [0.3, 0.4) is 0 Å². The Balaban J connectivity index is 0.00000227. The van der Waals surface area contributed by atoms with Crippen LogP contribution in [0.2, 0.25) is 0 Å². The third-order valence-electron chi connectivity index (χ3n) is 5.68. The summed E-state index contributed by atoms with van der Waals surface area (Å²) in [7, 11) is 0. The fraction of sp³-hybridized carbons (Fsp3) is 0.531. The summed E-state index contributed by atoms with van der Waals surface area (Å²) in [5.74, 6) is 1.75. The summed E-state index contributed by atoms with van der Waals surface area (Å²) in [5, 5.41) is 13.1. The van der Waals surface area contributed by atoms with Gasteiger partial charge < -0.3 is 10.4 Å². The molecule has 2 aromatic rings. The first-order valence-corrected chi connectivity index (χ1v) is 13.1. The molecule has 2 aromatic carbocycles. The van der Waals surface area contributed by atoms with Crippen LogP contribution in [0.15, 0.2) is 53.2 Å². The number of aliphatic hydroxyl groups is 1. The Morgan fingerprint density at radius 3 is 1.36 bits per heavy atom. The van der Waals surface area contributed by atoms with Gasteiger partial charge in [0.05, 0.1) is 5.69 Å². The van der Waals surface area contributed by atoms with E-state index in [0.717, 1.165) is 22.8 Å². The van der Waals surface area contributed by atoms with E-state index in [2.05, 4.69) is 112 Å². The van der Waals surface area contributed by atoms with Crippen LogP contribution in [0.4, 0.5) is 11.4 Å². The topological polar surface area (TPSA) is 46.7 Å². The Labute approximate surface area is 234 Å². The van der Waals surface area contributed by atoms with Gasteiger partial charge in [0, 0.05) is 31.3 Å². The Bertz CT molecular complexity index is 946. The van der Waals surface area contributed by atoms with E-state index in [-0.39, 0.29) is 25.6 Å². The quantitative estimate of drug-likeness (QED) is 0.262. The Hall–Kier alpha value is -1.77. The van der Waals surface area contributed by atoms with Crippen LogP contribution in [0.5, 0.6) is 0 Å². The van der Waals surface area contributed by atoms with E-state index in [4.69, 9.17) is 15.4 Å². The molecule has 0 unspecified atom stereocenters. The monoisotopic (exact) mass is 541 g/mol. The molecular formula is C32H49N2OZn-. The first-order valence-electron chi connectivity index (χ1n) is 13.1. The van der Waals surface area contributed by atoms with Gasteiger partial charge in [-0.05, 0) is 55.6 Å². The second-order valence-electron chi connectivity index (χ2n) is 10.9. The molecule has 0 aliphatic rings. The van der Waals surface area contributed by atoms with Gasteiger partial charge in [-0.3, -0.25) is 4.99 Å². The van der Waals surface area contributed by atoms with Gasteiger partial charge in [0.1, 0.15) is 0 Å². The van der Waals surface area contributed by atoms with Crippen LogP contribution in [-0.2, 0) is 19.5 Å². The van der Waals surface area contributed by atoms with Crippen molar-refractivity contribution in [3.8, 4) is 0 Å². The average Bonchev–Trinajstić information content (AvgIpc) is 2.72. The average molecular weight is 543 g/mol. The number of aliphatic hydroxyl groups excluding tert-OH is 1. The molecular weight excluding hydrogens is 494 g/mol. The fourth-order valence-corrected chi connectivity index (χ4v) is 4.00. The molecule has 0 amide bonds. The van der Waals surface area contributed by atoms with Crippen LogP contribution in [0, 0.1) is 0 Å². The smallest absolute Gasteiger partial charge is 0.0701 e. The van der Waals surface area contributed by atoms with E-state index in [1.165, 1.54) is 22.3 Å². The molecule has 0 heterocycles. The van der Waals surface area contributed by atoms with E-state index in [9.17, 15) is 0 Å². The number of allylic oxidation sites excluding steroid dienone is 2. The van der Waals surface area contributed by atoms with Crippen LogP contribution in [0.25, 0.3) is 5.32 Å². The number of hydrogen-bond donors (Lipinski definition) is 1. The standard InChI is InChI=1S/C29H41N2.C3H8O.Zn/c1-18(2)24-13-11-14-25(19(3)4)28(24)30-22(9)17-23(10)31-29-26(20(5)6)15-12-16-27(29)21(7)8;1-3(2)4;/h11-21H,1-10H3;3-4H,1-2H3;/q-1;;/b22-17-,31-23?;;. The molecule has 2 rings (SSSR count). The SMILES string of the molecule is CC(/C=C(/C)[N-]c1c(C(C)C)cccc1C(C)C)=Nc1c(C(C)C)cccc1C(C)C.CC(C)O.[Zn]. The number of hydrogen-bond acceptors (Lipinski definition) is 2. The number of nitrogens with zero attached hydrogens (tertiary/aromatic N) is 2. The molecule has 0 saturated heterocycles. The Kier molecular flexibility index (Phi) is 15.4. The van der Waals surface area contributed by atoms with Crippen LogP contribution < -0.4 is 0 Å². The van der Waals surface area contributed by atoms with Gasteiger partial charge in [0.25, 0.3) is 0 Å². The third kappa shape index (κ3) is 10.7. The van der Waals surface area contributed by atoms with Crippen LogP contribution in [0.1, 0.15) is 129 Å². The number of rotatable bonds is 8. The Morgan fingerprint density at radius 1 is 0.694 bits per heavy atom. The molecule has 0 fully saturated rings. The Morgan fingerprint density at radius 2 is 1.03 bits per heavy atom. The van der Waals surface area contributed by atoms with Crippen molar-refractivity contribution < 1.29 is 24.6 Å². The minimum atomic E-state index is -0.167. The molecule has 4 heteroatoms. The van der Waals surface area contributed by atoms with Crippen molar-refractivity contribution in [1.29, 1.82) is 0 Å². The van der Waals surface area contributed by atoms with Gasteiger partial charge in [-0.25, -0.2) is 0 Å².